The zero-order valence-electron chi connectivity index (χ0n) is 52.6. The van der Waals surface area contributed by atoms with Gasteiger partial charge >= 0.3 is 17.9 Å². The number of hydrogen-bond donors (Lipinski definition) is 0. The SMILES string of the molecule is CC/C=C\C/C=C\C/C=C\C/C=C\C/C=C\C/C=C\C/C=C\C/C=C\C/C=C\C/C=C\CCCCC(=O)OCC(COC(=O)CCCC/C=C\C/C=C\C/C=C\C/C=C\CC)OC(=O)CCCCCCCCC/C=C\C/C=C\C/C=C\CC. The fraction of sp³-hybridized carbons (Fsp3) is 0.519. The molecule has 0 heterocycles. The fourth-order valence-corrected chi connectivity index (χ4v) is 8.00. The van der Waals surface area contributed by atoms with E-state index < -0.39 is 6.10 Å². The van der Waals surface area contributed by atoms with E-state index in [4.69, 9.17) is 14.2 Å². The molecule has 0 aliphatic heterocycles. The first-order chi connectivity index (χ1) is 41.0. The number of carbonyl (C=O) groups excluding carboxylic acids is 3. The van der Waals surface area contributed by atoms with E-state index in [9.17, 15) is 14.4 Å². The van der Waals surface area contributed by atoms with Gasteiger partial charge in [-0.1, -0.05) is 259 Å². The monoisotopic (exact) mass is 1140 g/mol. The Morgan fingerprint density at radius 2 is 0.434 bits per heavy atom. The lowest BCUT2D eigenvalue weighted by Crippen LogP contribution is -2.30. The summed E-state index contributed by atoms with van der Waals surface area (Å²) in [6, 6.07) is 0. The summed E-state index contributed by atoms with van der Waals surface area (Å²) in [6.07, 6.45) is 106. The minimum absolute atomic E-state index is 0.129. The molecule has 0 aliphatic rings. The van der Waals surface area contributed by atoms with Crippen LogP contribution in [0.1, 0.15) is 239 Å². The first-order valence-electron chi connectivity index (χ1n) is 32.6. The number of hydrogen-bond acceptors (Lipinski definition) is 6. The molecule has 0 amide bonds. The van der Waals surface area contributed by atoms with Crippen molar-refractivity contribution in [3.05, 3.63) is 207 Å². The average Bonchev–Trinajstić information content (AvgIpc) is 3.49. The summed E-state index contributed by atoms with van der Waals surface area (Å²) in [5, 5.41) is 0. The van der Waals surface area contributed by atoms with Gasteiger partial charge in [0.05, 0.1) is 0 Å². The standard InChI is InChI=1S/C77H116O6/c1-4-7-10-13-16-19-22-25-28-30-31-32-33-34-35-36-37-38-39-40-41-42-43-44-45-47-49-52-55-58-61-64-67-70-76(79)82-73-74(72-81-75(78)69-66-63-60-57-54-51-48-27-24-21-18-15-12-9-6-3)83-77(80)71-68-65-62-59-56-53-50-46-29-26-23-20-17-14-11-8-5-2/h7-12,16-21,25-29,31-32,34-35,37-38,40-41,43-44,47-49,54-55,57-58,74H,4-6,13-15,22-24,30,33,36,39,42,45-46,50-53,56,59-73H2,1-3H3/b10-7-,11-8-,12-9-,19-16-,20-17-,21-18-,28-25-,29-26-,32-31-,35-34-,38-37-,41-40-,44-43-,48-27-,49-47-,57-54-,58-55-. The third-order valence-corrected chi connectivity index (χ3v) is 12.8. The van der Waals surface area contributed by atoms with Crippen LogP contribution in [-0.2, 0) is 28.6 Å². The Morgan fingerprint density at radius 3 is 0.699 bits per heavy atom. The lowest BCUT2D eigenvalue weighted by Gasteiger charge is -2.18. The van der Waals surface area contributed by atoms with E-state index in [0.29, 0.717) is 12.8 Å². The van der Waals surface area contributed by atoms with Crippen molar-refractivity contribution in [1.82, 2.24) is 0 Å². The second-order valence-corrected chi connectivity index (χ2v) is 20.5. The molecular weight excluding hydrogens is 1020 g/mol. The van der Waals surface area contributed by atoms with Crippen LogP contribution in [0.2, 0.25) is 0 Å². The van der Waals surface area contributed by atoms with Crippen LogP contribution in [0, 0.1) is 0 Å². The van der Waals surface area contributed by atoms with Crippen LogP contribution < -0.4 is 0 Å². The second kappa shape index (κ2) is 68.5. The fourth-order valence-electron chi connectivity index (χ4n) is 8.00. The van der Waals surface area contributed by atoms with E-state index in [0.717, 1.165) is 167 Å². The highest BCUT2D eigenvalue weighted by Crippen LogP contribution is 2.13. The van der Waals surface area contributed by atoms with Crippen LogP contribution in [0.15, 0.2) is 207 Å². The molecule has 0 saturated heterocycles. The third-order valence-electron chi connectivity index (χ3n) is 12.8. The molecule has 1 atom stereocenters. The number of rotatable bonds is 56. The summed E-state index contributed by atoms with van der Waals surface area (Å²) in [4.78, 5) is 38.3. The van der Waals surface area contributed by atoms with Gasteiger partial charge in [-0.05, 0) is 167 Å². The Balaban J connectivity index is 4.48. The molecule has 460 valence electrons. The average molecular weight is 1140 g/mol. The van der Waals surface area contributed by atoms with Crippen molar-refractivity contribution in [2.24, 2.45) is 0 Å². The zero-order valence-corrected chi connectivity index (χ0v) is 52.6. The summed E-state index contributed by atoms with van der Waals surface area (Å²) in [5.74, 6) is -1.03. The van der Waals surface area contributed by atoms with Crippen LogP contribution in [0.3, 0.4) is 0 Å². The van der Waals surface area contributed by atoms with E-state index in [1.54, 1.807) is 0 Å². The van der Waals surface area contributed by atoms with Gasteiger partial charge in [0.2, 0.25) is 0 Å². The quantitative estimate of drug-likeness (QED) is 0.0261. The first kappa shape index (κ1) is 77.0. The van der Waals surface area contributed by atoms with Crippen LogP contribution in [0.4, 0.5) is 0 Å². The van der Waals surface area contributed by atoms with Gasteiger partial charge < -0.3 is 14.2 Å². The van der Waals surface area contributed by atoms with Gasteiger partial charge in [0.1, 0.15) is 13.2 Å². The Bertz CT molecular complexity index is 2030. The number of allylic oxidation sites excluding steroid dienone is 34. The van der Waals surface area contributed by atoms with Gasteiger partial charge in [-0.15, -0.1) is 0 Å². The highest BCUT2D eigenvalue weighted by Gasteiger charge is 2.19. The Kier molecular flexibility index (Phi) is 63.5. The van der Waals surface area contributed by atoms with Crippen molar-refractivity contribution in [2.75, 3.05) is 13.2 Å². The Morgan fingerprint density at radius 1 is 0.241 bits per heavy atom. The molecule has 0 aromatic rings. The smallest absolute Gasteiger partial charge is 0.306 e. The molecule has 6 nitrogen and oxygen atoms in total. The van der Waals surface area contributed by atoms with Gasteiger partial charge in [0, 0.05) is 19.3 Å². The summed E-state index contributed by atoms with van der Waals surface area (Å²) < 4.78 is 16.8. The normalized spacial score (nSPS) is 13.5. The summed E-state index contributed by atoms with van der Waals surface area (Å²) in [7, 11) is 0. The molecule has 0 aromatic heterocycles. The Hall–Kier alpha value is -6.01. The molecule has 0 fully saturated rings. The van der Waals surface area contributed by atoms with Crippen LogP contribution in [0.5, 0.6) is 0 Å². The largest absolute Gasteiger partial charge is 0.462 e. The predicted octanol–water partition coefficient (Wildman–Crippen LogP) is 22.8. The molecule has 6 heteroatoms. The topological polar surface area (TPSA) is 78.9 Å². The summed E-state index contributed by atoms with van der Waals surface area (Å²) >= 11 is 0. The maximum atomic E-state index is 12.9. The molecule has 83 heavy (non-hydrogen) atoms. The van der Waals surface area contributed by atoms with Gasteiger partial charge in [-0.25, -0.2) is 0 Å². The van der Waals surface area contributed by atoms with E-state index >= 15 is 0 Å². The maximum Gasteiger partial charge on any atom is 0.306 e. The van der Waals surface area contributed by atoms with Gasteiger partial charge in [0.15, 0.2) is 6.10 Å². The van der Waals surface area contributed by atoms with E-state index in [-0.39, 0.29) is 50.4 Å². The number of carbonyl (C=O) groups is 3. The first-order valence-corrected chi connectivity index (χ1v) is 32.6. The van der Waals surface area contributed by atoms with E-state index in [2.05, 4.69) is 227 Å². The highest BCUT2D eigenvalue weighted by atomic mass is 16.6. The van der Waals surface area contributed by atoms with Crippen molar-refractivity contribution >= 4 is 17.9 Å². The summed E-state index contributed by atoms with van der Waals surface area (Å²) in [6.45, 7) is 6.20. The highest BCUT2D eigenvalue weighted by molar-refractivity contribution is 5.71. The molecular formula is C77H116O6. The minimum Gasteiger partial charge on any atom is -0.462 e. The number of unbranched alkanes of at least 4 members (excludes halogenated alkanes) is 11. The third kappa shape index (κ3) is 66.7. The molecule has 0 N–H and O–H groups in total. The van der Waals surface area contributed by atoms with Crippen molar-refractivity contribution in [3.63, 3.8) is 0 Å². The molecule has 0 rings (SSSR count). The van der Waals surface area contributed by atoms with Gasteiger partial charge in [-0.3, -0.25) is 14.4 Å². The lowest BCUT2D eigenvalue weighted by molar-refractivity contribution is -0.167. The predicted molar refractivity (Wildman–Crippen MR) is 361 cm³/mol. The van der Waals surface area contributed by atoms with Crippen molar-refractivity contribution in [1.29, 1.82) is 0 Å². The van der Waals surface area contributed by atoms with Gasteiger partial charge in [-0.2, -0.15) is 0 Å². The lowest BCUT2D eigenvalue weighted by atomic mass is 10.1. The van der Waals surface area contributed by atoms with Gasteiger partial charge in [0.25, 0.3) is 0 Å². The van der Waals surface area contributed by atoms with E-state index in [1.165, 1.54) is 19.3 Å². The molecule has 1 unspecified atom stereocenters. The molecule has 0 bridgehead atoms. The van der Waals surface area contributed by atoms with Crippen molar-refractivity contribution in [3.8, 4) is 0 Å². The van der Waals surface area contributed by atoms with Crippen LogP contribution in [0.25, 0.3) is 0 Å². The molecule has 0 aliphatic carbocycles. The maximum absolute atomic E-state index is 12.9. The molecule has 0 radical (unpaired) electrons. The molecule has 0 spiro atoms. The second-order valence-electron chi connectivity index (χ2n) is 20.5. The van der Waals surface area contributed by atoms with Crippen molar-refractivity contribution < 1.29 is 28.6 Å². The molecule has 0 aromatic carbocycles. The molecule has 0 saturated carbocycles. The number of ether oxygens (including phenoxy) is 3. The van der Waals surface area contributed by atoms with Crippen molar-refractivity contribution in [2.45, 2.75) is 245 Å². The minimum atomic E-state index is -0.833. The summed E-state index contributed by atoms with van der Waals surface area (Å²) in [5.41, 5.74) is 0. The zero-order chi connectivity index (χ0) is 59.9. The van der Waals surface area contributed by atoms with Crippen LogP contribution >= 0.6 is 0 Å². The van der Waals surface area contributed by atoms with Crippen LogP contribution in [-0.4, -0.2) is 37.2 Å². The Labute approximate surface area is 509 Å². The number of esters is 3. The van der Waals surface area contributed by atoms with E-state index in [1.807, 2.05) is 0 Å².